The zero-order valence-electron chi connectivity index (χ0n) is 5.43. The molecule has 0 fully saturated rings. The quantitative estimate of drug-likeness (QED) is 0.520. The SMILES string of the molecule is O=S1(=O)C=Cc2cncnc21. The Hall–Kier alpha value is -1.23. The van der Waals surface area contributed by atoms with Gasteiger partial charge < -0.3 is 0 Å². The van der Waals surface area contributed by atoms with Gasteiger partial charge in [-0.25, -0.2) is 18.4 Å². The summed E-state index contributed by atoms with van der Waals surface area (Å²) in [4.78, 5) is 7.35. The third kappa shape index (κ3) is 0.848. The molecule has 0 N–H and O–H groups in total. The maximum atomic E-state index is 11.1. The lowest BCUT2D eigenvalue weighted by atomic mass is 10.3. The van der Waals surface area contributed by atoms with Crippen molar-refractivity contribution in [3.8, 4) is 0 Å². The Morgan fingerprint density at radius 2 is 2.18 bits per heavy atom. The highest BCUT2D eigenvalue weighted by Crippen LogP contribution is 2.22. The summed E-state index contributed by atoms with van der Waals surface area (Å²) in [6.45, 7) is 0. The van der Waals surface area contributed by atoms with Crippen molar-refractivity contribution in [3.63, 3.8) is 0 Å². The highest BCUT2D eigenvalue weighted by atomic mass is 32.2. The second kappa shape index (κ2) is 1.88. The Labute approximate surface area is 63.5 Å². The molecule has 0 aliphatic carbocycles. The van der Waals surface area contributed by atoms with Gasteiger partial charge in [0.2, 0.25) is 9.84 Å². The molecule has 2 heterocycles. The fourth-order valence-electron chi connectivity index (χ4n) is 0.909. The van der Waals surface area contributed by atoms with Crippen LogP contribution in [0.2, 0.25) is 0 Å². The summed E-state index contributed by atoms with van der Waals surface area (Å²) < 4.78 is 22.2. The summed E-state index contributed by atoms with van der Waals surface area (Å²) >= 11 is 0. The minimum atomic E-state index is -3.24. The van der Waals surface area contributed by atoms with E-state index >= 15 is 0 Å². The van der Waals surface area contributed by atoms with E-state index < -0.39 is 9.84 Å². The van der Waals surface area contributed by atoms with E-state index in [0.717, 1.165) is 5.41 Å². The Morgan fingerprint density at radius 3 is 2.91 bits per heavy atom. The number of sulfone groups is 1. The second-order valence-corrected chi connectivity index (χ2v) is 3.88. The predicted octanol–water partition coefficient (Wildman–Crippen LogP) is 0.235. The smallest absolute Gasteiger partial charge is 0.217 e. The van der Waals surface area contributed by atoms with Crippen molar-refractivity contribution in [1.29, 1.82) is 0 Å². The van der Waals surface area contributed by atoms with Gasteiger partial charge in [0.1, 0.15) is 6.33 Å². The van der Waals surface area contributed by atoms with Gasteiger partial charge in [-0.1, -0.05) is 0 Å². The summed E-state index contributed by atoms with van der Waals surface area (Å²) in [6, 6.07) is 0. The molecule has 2 rings (SSSR count). The van der Waals surface area contributed by atoms with Crippen molar-refractivity contribution in [2.24, 2.45) is 0 Å². The lowest BCUT2D eigenvalue weighted by Crippen LogP contribution is -1.96. The standard InChI is InChI=1S/C6H4N2O2S/c9-11(10)2-1-5-3-7-4-8-6(5)11/h1-4H. The molecule has 0 saturated carbocycles. The second-order valence-electron chi connectivity index (χ2n) is 2.13. The Bertz CT molecular complexity index is 422. The van der Waals surface area contributed by atoms with Crippen molar-refractivity contribution in [3.05, 3.63) is 23.5 Å². The zero-order chi connectivity index (χ0) is 7.90. The van der Waals surface area contributed by atoms with Gasteiger partial charge in [-0.3, -0.25) is 0 Å². The number of fused-ring (bicyclic) bond motifs is 1. The first-order valence-electron chi connectivity index (χ1n) is 2.93. The highest BCUT2D eigenvalue weighted by molar-refractivity contribution is 7.94. The summed E-state index contributed by atoms with van der Waals surface area (Å²) in [7, 11) is -3.24. The van der Waals surface area contributed by atoms with E-state index in [9.17, 15) is 8.42 Å². The van der Waals surface area contributed by atoms with Crippen LogP contribution in [0.25, 0.3) is 6.08 Å². The lowest BCUT2D eigenvalue weighted by molar-refractivity contribution is 0.601. The molecule has 0 saturated heterocycles. The van der Waals surface area contributed by atoms with Crippen LogP contribution in [0.1, 0.15) is 5.56 Å². The predicted molar refractivity (Wildman–Crippen MR) is 38.3 cm³/mol. The molecule has 1 aromatic rings. The van der Waals surface area contributed by atoms with Crippen molar-refractivity contribution in [2.75, 3.05) is 0 Å². The molecule has 1 aromatic heterocycles. The van der Waals surface area contributed by atoms with Gasteiger partial charge in [0.05, 0.1) is 0 Å². The van der Waals surface area contributed by atoms with Gasteiger partial charge in [-0.2, -0.15) is 0 Å². The normalized spacial score (nSPS) is 18.2. The Balaban J connectivity index is 2.84. The minimum absolute atomic E-state index is 0.104. The van der Waals surface area contributed by atoms with Crippen molar-refractivity contribution in [2.45, 2.75) is 5.03 Å². The molecule has 1 aliphatic rings. The number of rotatable bonds is 0. The van der Waals surface area contributed by atoms with E-state index in [0.29, 0.717) is 5.56 Å². The molecule has 0 aromatic carbocycles. The van der Waals surface area contributed by atoms with Crippen LogP contribution in [0.4, 0.5) is 0 Å². The van der Waals surface area contributed by atoms with Gasteiger partial charge in [0, 0.05) is 17.2 Å². The number of hydrogen-bond acceptors (Lipinski definition) is 4. The molecule has 0 spiro atoms. The van der Waals surface area contributed by atoms with Crippen LogP contribution in [0.15, 0.2) is 23.0 Å². The van der Waals surface area contributed by atoms with E-state index in [4.69, 9.17) is 0 Å². The molecule has 11 heavy (non-hydrogen) atoms. The van der Waals surface area contributed by atoms with Crippen LogP contribution in [0.5, 0.6) is 0 Å². The number of aromatic nitrogens is 2. The molecule has 1 aliphatic heterocycles. The number of nitrogens with zero attached hydrogens (tertiary/aromatic N) is 2. The Morgan fingerprint density at radius 1 is 1.36 bits per heavy atom. The molecule has 0 unspecified atom stereocenters. The summed E-state index contributed by atoms with van der Waals surface area (Å²) in [5.41, 5.74) is 0.563. The first-order chi connectivity index (χ1) is 5.20. The zero-order valence-corrected chi connectivity index (χ0v) is 6.25. The fraction of sp³-hybridized carbons (Fsp3) is 0. The van der Waals surface area contributed by atoms with Gasteiger partial charge in [0.15, 0.2) is 5.03 Å². The fourth-order valence-corrected chi connectivity index (χ4v) is 2.01. The molecule has 0 atom stereocenters. The van der Waals surface area contributed by atoms with E-state index in [-0.39, 0.29) is 5.03 Å². The molecule has 0 bridgehead atoms. The molecule has 0 radical (unpaired) electrons. The van der Waals surface area contributed by atoms with Crippen LogP contribution < -0.4 is 0 Å². The molecular formula is C6H4N2O2S. The molecule has 5 heteroatoms. The van der Waals surface area contributed by atoms with Crippen molar-refractivity contribution in [1.82, 2.24) is 9.97 Å². The van der Waals surface area contributed by atoms with Gasteiger partial charge >= 0.3 is 0 Å². The average molecular weight is 168 g/mol. The highest BCUT2D eigenvalue weighted by Gasteiger charge is 2.21. The van der Waals surface area contributed by atoms with Crippen LogP contribution in [-0.2, 0) is 9.84 Å². The van der Waals surface area contributed by atoms with Gasteiger partial charge in [-0.15, -0.1) is 0 Å². The maximum Gasteiger partial charge on any atom is 0.217 e. The molecule has 56 valence electrons. The lowest BCUT2D eigenvalue weighted by Gasteiger charge is -1.92. The first kappa shape index (κ1) is 6.48. The molecule has 4 nitrogen and oxygen atoms in total. The van der Waals surface area contributed by atoms with Crippen LogP contribution >= 0.6 is 0 Å². The van der Waals surface area contributed by atoms with Crippen LogP contribution in [-0.4, -0.2) is 18.4 Å². The average Bonchev–Trinajstić information content (AvgIpc) is 2.29. The summed E-state index contributed by atoms with van der Waals surface area (Å²) in [6.07, 6.45) is 4.19. The van der Waals surface area contributed by atoms with E-state index in [1.165, 1.54) is 18.6 Å². The summed E-state index contributed by atoms with van der Waals surface area (Å²) in [5, 5.41) is 1.24. The van der Waals surface area contributed by atoms with E-state index in [2.05, 4.69) is 9.97 Å². The van der Waals surface area contributed by atoms with Gasteiger partial charge in [0.25, 0.3) is 0 Å². The number of hydrogen-bond donors (Lipinski definition) is 0. The summed E-state index contributed by atoms with van der Waals surface area (Å²) in [5.74, 6) is 0. The van der Waals surface area contributed by atoms with Crippen LogP contribution in [0, 0.1) is 0 Å². The third-order valence-electron chi connectivity index (χ3n) is 1.40. The third-order valence-corrected chi connectivity index (χ3v) is 2.77. The van der Waals surface area contributed by atoms with E-state index in [1.54, 1.807) is 0 Å². The largest absolute Gasteiger partial charge is 0.244 e. The molecule has 0 amide bonds. The Kier molecular flexibility index (Phi) is 1.11. The van der Waals surface area contributed by atoms with E-state index in [1.807, 2.05) is 0 Å². The molecular weight excluding hydrogens is 164 g/mol. The minimum Gasteiger partial charge on any atom is -0.244 e. The van der Waals surface area contributed by atoms with Gasteiger partial charge in [-0.05, 0) is 6.08 Å². The van der Waals surface area contributed by atoms with Crippen molar-refractivity contribution < 1.29 is 8.42 Å². The first-order valence-corrected chi connectivity index (χ1v) is 4.48. The van der Waals surface area contributed by atoms with Crippen molar-refractivity contribution >= 4 is 15.9 Å². The van der Waals surface area contributed by atoms with Crippen LogP contribution in [0.3, 0.4) is 0 Å². The topological polar surface area (TPSA) is 59.9 Å². The monoisotopic (exact) mass is 168 g/mol. The maximum absolute atomic E-state index is 11.1.